The van der Waals surface area contributed by atoms with Crippen LogP contribution in [0.4, 0.5) is 14.5 Å². The molecule has 0 fully saturated rings. The van der Waals surface area contributed by atoms with Crippen molar-refractivity contribution in [3.63, 3.8) is 0 Å². The van der Waals surface area contributed by atoms with Crippen molar-refractivity contribution in [3.05, 3.63) is 70.2 Å². The minimum Gasteiger partial charge on any atom is -0.495 e. The van der Waals surface area contributed by atoms with Gasteiger partial charge in [0, 0.05) is 6.07 Å². The van der Waals surface area contributed by atoms with E-state index in [2.05, 4.69) is 26.6 Å². The van der Waals surface area contributed by atoms with E-state index in [-0.39, 0.29) is 16.4 Å². The number of nitrogens with one attached hydrogen (secondary N) is 2. The number of hydrogen-bond acceptors (Lipinski definition) is 3. The Balaban J connectivity index is 1.86. The third-order valence-corrected chi connectivity index (χ3v) is 4.79. The highest BCUT2D eigenvalue weighted by Gasteiger charge is 2.19. The number of halogens is 3. The van der Waals surface area contributed by atoms with Crippen LogP contribution in [0.25, 0.3) is 10.8 Å². The Morgan fingerprint density at radius 1 is 1.15 bits per heavy atom. The van der Waals surface area contributed by atoms with Crippen LogP contribution in [0.2, 0.25) is 0 Å². The molecule has 0 atom stereocenters. The van der Waals surface area contributed by atoms with E-state index in [1.807, 2.05) is 24.3 Å². The predicted molar refractivity (Wildman–Crippen MR) is 108 cm³/mol. The lowest BCUT2D eigenvalue weighted by Crippen LogP contribution is -2.34. The van der Waals surface area contributed by atoms with Crippen LogP contribution in [-0.4, -0.2) is 18.1 Å². The van der Waals surface area contributed by atoms with Gasteiger partial charge in [-0.25, -0.2) is 8.78 Å². The number of fused-ring (bicyclic) bond motifs is 1. The van der Waals surface area contributed by atoms with Gasteiger partial charge in [-0.15, -0.1) is 0 Å². The fraction of sp³-hybridized carbons (Fsp3) is 0.0526. The summed E-state index contributed by atoms with van der Waals surface area (Å²) in [7, 11) is 1.45. The quantitative estimate of drug-likeness (QED) is 0.550. The molecule has 0 saturated heterocycles. The Kier molecular flexibility index (Phi) is 5.67. The van der Waals surface area contributed by atoms with E-state index in [9.17, 15) is 13.6 Å². The Morgan fingerprint density at radius 2 is 1.89 bits per heavy atom. The molecule has 0 aliphatic rings. The second kappa shape index (κ2) is 7.98. The molecule has 0 aliphatic carbocycles. The third kappa shape index (κ3) is 4.06. The van der Waals surface area contributed by atoms with Crippen LogP contribution in [-0.2, 0) is 0 Å². The van der Waals surface area contributed by atoms with Crippen LogP contribution in [0.3, 0.4) is 0 Å². The largest absolute Gasteiger partial charge is 0.495 e. The molecule has 4 nitrogen and oxygen atoms in total. The van der Waals surface area contributed by atoms with Crippen molar-refractivity contribution in [1.29, 1.82) is 0 Å². The van der Waals surface area contributed by atoms with Crippen molar-refractivity contribution >= 4 is 55.6 Å². The highest BCUT2D eigenvalue weighted by Crippen LogP contribution is 2.36. The lowest BCUT2D eigenvalue weighted by molar-refractivity contribution is 0.0975. The molecule has 0 aromatic heterocycles. The molecule has 0 saturated carbocycles. The first-order chi connectivity index (χ1) is 12.9. The summed E-state index contributed by atoms with van der Waals surface area (Å²) in [6, 6.07) is 12.2. The first-order valence-corrected chi connectivity index (χ1v) is 8.93. The van der Waals surface area contributed by atoms with E-state index in [0.29, 0.717) is 10.2 Å². The number of ether oxygens (including phenoxy) is 1. The maximum Gasteiger partial charge on any atom is 0.261 e. The lowest BCUT2D eigenvalue weighted by atomic mass is 10.1. The number of carbonyl (C=O) groups is 1. The Labute approximate surface area is 167 Å². The average molecular weight is 451 g/mol. The molecule has 1 amide bonds. The first-order valence-electron chi connectivity index (χ1n) is 7.73. The minimum absolute atomic E-state index is 0.0478. The van der Waals surface area contributed by atoms with Crippen molar-refractivity contribution in [2.45, 2.75) is 0 Å². The van der Waals surface area contributed by atoms with Crippen LogP contribution in [0.1, 0.15) is 10.4 Å². The minimum atomic E-state index is -0.822. The molecule has 2 N–H and O–H groups in total. The normalized spacial score (nSPS) is 10.5. The number of benzene rings is 3. The zero-order valence-electron chi connectivity index (χ0n) is 14.0. The molecule has 3 aromatic rings. The monoisotopic (exact) mass is 450 g/mol. The molecule has 27 heavy (non-hydrogen) atoms. The number of thiocarbonyl (C=S) groups is 1. The summed E-state index contributed by atoms with van der Waals surface area (Å²) in [5.74, 6) is -1.71. The molecule has 0 spiro atoms. The molecule has 3 rings (SSSR count). The van der Waals surface area contributed by atoms with Crippen LogP contribution < -0.4 is 15.4 Å². The van der Waals surface area contributed by atoms with Crippen LogP contribution in [0, 0.1) is 11.6 Å². The zero-order chi connectivity index (χ0) is 19.6. The number of rotatable bonds is 3. The summed E-state index contributed by atoms with van der Waals surface area (Å²) in [5.41, 5.74) is 0.208. The van der Waals surface area contributed by atoms with Gasteiger partial charge in [0.2, 0.25) is 0 Å². The fourth-order valence-electron chi connectivity index (χ4n) is 2.57. The second-order valence-electron chi connectivity index (χ2n) is 5.52. The van der Waals surface area contributed by atoms with E-state index < -0.39 is 17.5 Å². The SMILES string of the molecule is COc1c(C(=O)NC(=S)Nc2ccc(F)cc2F)cc2ccccc2c1Br. The molecule has 0 radical (unpaired) electrons. The molecule has 3 aromatic carbocycles. The standard InChI is InChI=1S/C19H13BrF2N2O2S/c1-26-17-13(8-10-4-2-3-5-12(10)16(17)20)18(25)24-19(27)23-15-7-6-11(21)9-14(15)22/h2-9H,1H3,(H2,23,24,25,27). The van der Waals surface area contributed by atoms with Crippen molar-refractivity contribution in [3.8, 4) is 5.75 Å². The fourth-order valence-corrected chi connectivity index (χ4v) is 3.51. The summed E-state index contributed by atoms with van der Waals surface area (Å²) in [4.78, 5) is 12.7. The van der Waals surface area contributed by atoms with E-state index in [4.69, 9.17) is 17.0 Å². The summed E-state index contributed by atoms with van der Waals surface area (Å²) in [6.07, 6.45) is 0. The van der Waals surface area contributed by atoms with Gasteiger partial charge in [-0.1, -0.05) is 24.3 Å². The number of amides is 1. The molecule has 0 heterocycles. The van der Waals surface area contributed by atoms with Gasteiger partial charge in [0.1, 0.15) is 17.4 Å². The predicted octanol–water partition coefficient (Wildman–Crippen LogP) is 5.02. The van der Waals surface area contributed by atoms with Crippen LogP contribution >= 0.6 is 28.1 Å². The molecule has 8 heteroatoms. The number of methoxy groups -OCH3 is 1. The molecule has 138 valence electrons. The third-order valence-electron chi connectivity index (χ3n) is 3.80. The molecule has 0 bridgehead atoms. The lowest BCUT2D eigenvalue weighted by Gasteiger charge is -2.14. The maximum atomic E-state index is 13.7. The van der Waals surface area contributed by atoms with Gasteiger partial charge in [0.05, 0.1) is 22.8 Å². The Morgan fingerprint density at radius 3 is 2.59 bits per heavy atom. The Bertz CT molecular complexity index is 1060. The average Bonchev–Trinajstić information content (AvgIpc) is 2.64. The smallest absolute Gasteiger partial charge is 0.261 e. The van der Waals surface area contributed by atoms with Gasteiger partial charge in [-0.05, 0) is 57.1 Å². The number of carbonyl (C=O) groups excluding carboxylic acids is 1. The highest BCUT2D eigenvalue weighted by molar-refractivity contribution is 9.10. The van der Waals surface area contributed by atoms with Crippen LogP contribution in [0.15, 0.2) is 53.0 Å². The van der Waals surface area contributed by atoms with Gasteiger partial charge in [-0.2, -0.15) is 0 Å². The van der Waals surface area contributed by atoms with E-state index >= 15 is 0 Å². The molecule has 0 unspecified atom stereocenters. The summed E-state index contributed by atoms with van der Waals surface area (Å²) in [6.45, 7) is 0. The van der Waals surface area contributed by atoms with Crippen molar-refractivity contribution in [1.82, 2.24) is 5.32 Å². The Hall–Kier alpha value is -2.58. The van der Waals surface area contributed by atoms with Crippen LogP contribution in [0.5, 0.6) is 5.75 Å². The molecular weight excluding hydrogens is 438 g/mol. The summed E-state index contributed by atoms with van der Waals surface area (Å²) in [5, 5.41) is 6.60. The number of hydrogen-bond donors (Lipinski definition) is 2. The van der Waals surface area contributed by atoms with Gasteiger partial charge in [0.15, 0.2) is 5.11 Å². The van der Waals surface area contributed by atoms with Crippen molar-refractivity contribution in [2.24, 2.45) is 0 Å². The summed E-state index contributed by atoms with van der Waals surface area (Å²) >= 11 is 8.52. The van der Waals surface area contributed by atoms with Crippen molar-refractivity contribution in [2.75, 3.05) is 12.4 Å². The molecular formula is C19H13BrF2N2O2S. The van der Waals surface area contributed by atoms with Crippen molar-refractivity contribution < 1.29 is 18.3 Å². The van der Waals surface area contributed by atoms with Gasteiger partial charge >= 0.3 is 0 Å². The second-order valence-corrected chi connectivity index (χ2v) is 6.73. The zero-order valence-corrected chi connectivity index (χ0v) is 16.4. The van der Waals surface area contributed by atoms with E-state index in [0.717, 1.165) is 22.9 Å². The van der Waals surface area contributed by atoms with Gasteiger partial charge in [-0.3, -0.25) is 10.1 Å². The first kappa shape index (κ1) is 19.2. The highest BCUT2D eigenvalue weighted by atomic mass is 79.9. The van der Waals surface area contributed by atoms with Gasteiger partial charge < -0.3 is 10.1 Å². The number of anilines is 1. The van der Waals surface area contributed by atoms with Gasteiger partial charge in [0.25, 0.3) is 5.91 Å². The molecule has 0 aliphatic heterocycles. The summed E-state index contributed by atoms with van der Waals surface area (Å²) < 4.78 is 32.7. The maximum absolute atomic E-state index is 13.7. The van der Waals surface area contributed by atoms with E-state index in [1.165, 1.54) is 13.2 Å². The van der Waals surface area contributed by atoms with E-state index in [1.54, 1.807) is 6.07 Å². The topological polar surface area (TPSA) is 50.4 Å².